The second-order valence-electron chi connectivity index (χ2n) is 4.69. The number of carboxylic acid groups (broad SMARTS) is 2. The summed E-state index contributed by atoms with van der Waals surface area (Å²) in [5, 5.41) is 59.1. The maximum absolute atomic E-state index is 10.0. The largest absolute Gasteiger partial charge is 0.481 e. The number of rotatable bonds is 11. The highest BCUT2D eigenvalue weighted by Gasteiger charge is 2.22. The molecule has 132 valence electrons. The fraction of sp³-hybridized carbons (Fsp3) is 0.846. The molecule has 2 atom stereocenters. The van der Waals surface area contributed by atoms with E-state index in [9.17, 15) is 9.59 Å². The zero-order valence-electron chi connectivity index (χ0n) is 12.3. The Morgan fingerprint density at radius 2 is 1.00 bits per heavy atom. The molecule has 0 aliphatic carbocycles. The van der Waals surface area contributed by atoms with Crippen LogP contribution in [-0.4, -0.2) is 79.2 Å². The SMILES string of the molecule is O=C(O)CCCCCCC(=O)O.OCC(O)C(O)C(O)CO. The van der Waals surface area contributed by atoms with Crippen molar-refractivity contribution in [3.05, 3.63) is 0 Å². The van der Waals surface area contributed by atoms with Gasteiger partial charge in [-0.25, -0.2) is 0 Å². The van der Waals surface area contributed by atoms with E-state index in [1.54, 1.807) is 0 Å². The lowest BCUT2D eigenvalue weighted by Crippen LogP contribution is -2.41. The number of carbonyl (C=O) groups is 2. The average Bonchev–Trinajstić information content (AvgIpc) is 2.48. The van der Waals surface area contributed by atoms with Crippen molar-refractivity contribution in [3.8, 4) is 0 Å². The zero-order chi connectivity index (χ0) is 17.5. The molecule has 9 nitrogen and oxygen atoms in total. The Bertz CT molecular complexity index is 267. The minimum absolute atomic E-state index is 0.188. The van der Waals surface area contributed by atoms with Crippen LogP contribution in [0.4, 0.5) is 0 Å². The molecule has 0 heterocycles. The highest BCUT2D eigenvalue weighted by Crippen LogP contribution is 2.04. The summed E-state index contributed by atoms with van der Waals surface area (Å²) < 4.78 is 0. The second kappa shape index (κ2) is 14.7. The molecular weight excluding hydrogens is 300 g/mol. The van der Waals surface area contributed by atoms with Gasteiger partial charge in [-0.15, -0.1) is 0 Å². The molecule has 22 heavy (non-hydrogen) atoms. The maximum atomic E-state index is 10.0. The average molecular weight is 326 g/mol. The number of carboxylic acids is 2. The normalized spacial score (nSPS) is 14.4. The van der Waals surface area contributed by atoms with Crippen LogP contribution in [0, 0.1) is 0 Å². The van der Waals surface area contributed by atoms with Crippen LogP contribution in [0.15, 0.2) is 0 Å². The van der Waals surface area contributed by atoms with E-state index in [0.717, 1.165) is 12.8 Å². The van der Waals surface area contributed by atoms with Crippen molar-refractivity contribution in [1.82, 2.24) is 0 Å². The highest BCUT2D eigenvalue weighted by molar-refractivity contribution is 5.66. The lowest BCUT2D eigenvalue weighted by atomic mass is 10.1. The Labute approximate surface area is 128 Å². The van der Waals surface area contributed by atoms with Gasteiger partial charge in [0.05, 0.1) is 13.2 Å². The summed E-state index contributed by atoms with van der Waals surface area (Å²) in [6, 6.07) is 0. The third kappa shape index (κ3) is 15.1. The van der Waals surface area contributed by atoms with Gasteiger partial charge in [0.15, 0.2) is 0 Å². The van der Waals surface area contributed by atoms with E-state index in [0.29, 0.717) is 12.8 Å². The summed E-state index contributed by atoms with van der Waals surface area (Å²) in [6.07, 6.45) is -1.01. The molecule has 7 N–H and O–H groups in total. The van der Waals surface area contributed by atoms with Crippen molar-refractivity contribution in [2.24, 2.45) is 0 Å². The molecule has 9 heteroatoms. The molecule has 0 bridgehead atoms. The molecule has 0 saturated carbocycles. The summed E-state index contributed by atoms with van der Waals surface area (Å²) in [6.45, 7) is -1.28. The van der Waals surface area contributed by atoms with Crippen LogP contribution in [0.3, 0.4) is 0 Å². The maximum Gasteiger partial charge on any atom is 0.303 e. The molecule has 0 spiro atoms. The molecule has 0 radical (unpaired) electrons. The van der Waals surface area contributed by atoms with Crippen LogP contribution in [-0.2, 0) is 9.59 Å². The predicted molar refractivity (Wildman–Crippen MR) is 75.2 cm³/mol. The van der Waals surface area contributed by atoms with Crippen LogP contribution in [0.1, 0.15) is 38.5 Å². The Balaban J connectivity index is 0. The Hall–Kier alpha value is -1.26. The van der Waals surface area contributed by atoms with Gasteiger partial charge >= 0.3 is 11.9 Å². The molecule has 0 aromatic heterocycles. The number of hydrogen-bond donors (Lipinski definition) is 7. The van der Waals surface area contributed by atoms with E-state index in [-0.39, 0.29) is 12.8 Å². The molecular formula is C13H26O9. The minimum Gasteiger partial charge on any atom is -0.481 e. The van der Waals surface area contributed by atoms with Gasteiger partial charge in [-0.1, -0.05) is 12.8 Å². The Kier molecular flexibility index (Phi) is 15.3. The van der Waals surface area contributed by atoms with E-state index in [2.05, 4.69) is 0 Å². The molecule has 0 aliphatic rings. The topological polar surface area (TPSA) is 176 Å². The molecule has 0 fully saturated rings. The third-order valence-corrected chi connectivity index (χ3v) is 2.69. The fourth-order valence-electron chi connectivity index (χ4n) is 1.38. The van der Waals surface area contributed by atoms with Crippen molar-refractivity contribution >= 4 is 11.9 Å². The second-order valence-corrected chi connectivity index (χ2v) is 4.69. The van der Waals surface area contributed by atoms with E-state index >= 15 is 0 Å². The molecule has 0 rings (SSSR count). The van der Waals surface area contributed by atoms with E-state index in [1.165, 1.54) is 0 Å². The predicted octanol–water partition coefficient (Wildman–Crippen LogP) is -1.45. The van der Waals surface area contributed by atoms with Crippen molar-refractivity contribution < 1.29 is 45.3 Å². The highest BCUT2D eigenvalue weighted by atomic mass is 16.4. The quantitative estimate of drug-likeness (QED) is 0.224. The van der Waals surface area contributed by atoms with Gasteiger partial charge in [-0.3, -0.25) is 9.59 Å². The minimum atomic E-state index is -1.49. The first-order valence-electron chi connectivity index (χ1n) is 6.95. The molecule has 0 aromatic rings. The van der Waals surface area contributed by atoms with Gasteiger partial charge in [0.1, 0.15) is 18.3 Å². The van der Waals surface area contributed by atoms with Crippen molar-refractivity contribution in [2.75, 3.05) is 13.2 Å². The first-order chi connectivity index (χ1) is 10.3. The standard InChI is InChI=1S/C8H14O4.C5H12O5/c9-7(10)5-3-1-2-4-6-8(11)12;6-1-3(8)5(10)4(9)2-7/h1-6H2,(H,9,10)(H,11,12);3-10H,1-2H2. The number of aliphatic hydroxyl groups excluding tert-OH is 5. The van der Waals surface area contributed by atoms with Gasteiger partial charge in [-0.05, 0) is 12.8 Å². The number of aliphatic carboxylic acids is 2. The van der Waals surface area contributed by atoms with Crippen LogP contribution >= 0.6 is 0 Å². The van der Waals surface area contributed by atoms with Gasteiger partial charge < -0.3 is 35.7 Å². The first-order valence-corrected chi connectivity index (χ1v) is 6.95. The van der Waals surface area contributed by atoms with E-state index in [1.807, 2.05) is 0 Å². The van der Waals surface area contributed by atoms with Gasteiger partial charge in [0, 0.05) is 12.8 Å². The molecule has 0 aromatic carbocycles. The van der Waals surface area contributed by atoms with Crippen molar-refractivity contribution in [3.63, 3.8) is 0 Å². The van der Waals surface area contributed by atoms with Crippen LogP contribution in [0.2, 0.25) is 0 Å². The summed E-state index contributed by atoms with van der Waals surface area (Å²) in [7, 11) is 0. The lowest BCUT2D eigenvalue weighted by Gasteiger charge is -2.19. The van der Waals surface area contributed by atoms with Crippen molar-refractivity contribution in [2.45, 2.75) is 56.8 Å². The smallest absolute Gasteiger partial charge is 0.303 e. The van der Waals surface area contributed by atoms with Crippen molar-refractivity contribution in [1.29, 1.82) is 0 Å². The van der Waals surface area contributed by atoms with Gasteiger partial charge in [0.2, 0.25) is 0 Å². The molecule has 2 unspecified atom stereocenters. The monoisotopic (exact) mass is 326 g/mol. The summed E-state index contributed by atoms with van der Waals surface area (Å²) in [4.78, 5) is 20.1. The van der Waals surface area contributed by atoms with E-state index in [4.69, 9.17) is 35.7 Å². The van der Waals surface area contributed by atoms with Gasteiger partial charge in [0.25, 0.3) is 0 Å². The van der Waals surface area contributed by atoms with Crippen LogP contribution in [0.25, 0.3) is 0 Å². The first kappa shape index (κ1) is 23.0. The lowest BCUT2D eigenvalue weighted by molar-refractivity contribution is -0.138. The summed E-state index contributed by atoms with van der Waals surface area (Å²) >= 11 is 0. The molecule has 0 amide bonds. The molecule has 0 saturated heterocycles. The third-order valence-electron chi connectivity index (χ3n) is 2.69. The zero-order valence-corrected chi connectivity index (χ0v) is 12.3. The van der Waals surface area contributed by atoms with Gasteiger partial charge in [-0.2, -0.15) is 0 Å². The molecule has 0 aliphatic heterocycles. The number of unbranched alkanes of at least 4 members (excludes halogenated alkanes) is 3. The number of hydrogen-bond acceptors (Lipinski definition) is 7. The number of aliphatic hydroxyl groups is 5. The summed E-state index contributed by atoms with van der Waals surface area (Å²) in [5.74, 6) is -1.57. The van der Waals surface area contributed by atoms with E-state index < -0.39 is 43.5 Å². The fourth-order valence-corrected chi connectivity index (χ4v) is 1.38. The van der Waals surface area contributed by atoms with Crippen LogP contribution < -0.4 is 0 Å². The summed E-state index contributed by atoms with van der Waals surface area (Å²) in [5.41, 5.74) is 0. The van der Waals surface area contributed by atoms with Crippen LogP contribution in [0.5, 0.6) is 0 Å². The Morgan fingerprint density at radius 3 is 1.23 bits per heavy atom. The Morgan fingerprint density at radius 1 is 0.682 bits per heavy atom.